The van der Waals surface area contributed by atoms with Crippen molar-refractivity contribution in [3.05, 3.63) is 34.6 Å². The number of hydrogen-bond donors (Lipinski definition) is 1. The van der Waals surface area contributed by atoms with Crippen molar-refractivity contribution in [2.24, 2.45) is 0 Å². The number of nitrogens with one attached hydrogen (secondary N) is 1. The van der Waals surface area contributed by atoms with Gasteiger partial charge in [0.2, 0.25) is 0 Å². The highest BCUT2D eigenvalue weighted by atomic mass is 35.5. The van der Waals surface area contributed by atoms with Crippen molar-refractivity contribution in [2.75, 3.05) is 13.2 Å². The van der Waals surface area contributed by atoms with Gasteiger partial charge in [-0.2, -0.15) is 0 Å². The van der Waals surface area contributed by atoms with Crippen LogP contribution in [0.3, 0.4) is 0 Å². The summed E-state index contributed by atoms with van der Waals surface area (Å²) in [6.45, 7) is 1.97. The zero-order valence-corrected chi connectivity index (χ0v) is 10.5. The van der Waals surface area contributed by atoms with Gasteiger partial charge in [0.1, 0.15) is 5.82 Å². The largest absolute Gasteiger partial charge is 0.375 e. The van der Waals surface area contributed by atoms with E-state index in [1.165, 1.54) is 12.8 Å². The second kappa shape index (κ2) is 6.34. The van der Waals surface area contributed by atoms with Gasteiger partial charge in [0.15, 0.2) is 0 Å². The van der Waals surface area contributed by atoms with Gasteiger partial charge in [0.05, 0.1) is 18.2 Å². The van der Waals surface area contributed by atoms with Gasteiger partial charge in [-0.05, 0) is 25.5 Å². The molecule has 0 aromatic heterocycles. The third-order valence-corrected chi connectivity index (χ3v) is 3.31. The van der Waals surface area contributed by atoms with Gasteiger partial charge >= 0.3 is 0 Å². The van der Waals surface area contributed by atoms with Gasteiger partial charge in [-0.1, -0.05) is 30.2 Å². The van der Waals surface area contributed by atoms with Gasteiger partial charge < -0.3 is 10.1 Å². The predicted octanol–water partition coefficient (Wildman–Crippen LogP) is 3.14. The van der Waals surface area contributed by atoms with Gasteiger partial charge in [-0.3, -0.25) is 0 Å². The normalized spacial score (nSPS) is 20.5. The van der Waals surface area contributed by atoms with Crippen molar-refractivity contribution in [1.29, 1.82) is 0 Å². The molecule has 1 aliphatic heterocycles. The van der Waals surface area contributed by atoms with Crippen molar-refractivity contribution in [3.8, 4) is 0 Å². The fourth-order valence-corrected chi connectivity index (χ4v) is 2.23. The molecule has 2 rings (SSSR count). The van der Waals surface area contributed by atoms with Gasteiger partial charge in [-0.15, -0.1) is 0 Å². The van der Waals surface area contributed by atoms with Crippen molar-refractivity contribution >= 4 is 11.6 Å². The van der Waals surface area contributed by atoms with Crippen LogP contribution in [0.1, 0.15) is 24.8 Å². The van der Waals surface area contributed by atoms with Crippen molar-refractivity contribution < 1.29 is 9.13 Å². The molecule has 94 valence electrons. The van der Waals surface area contributed by atoms with E-state index >= 15 is 0 Å². The Kier molecular flexibility index (Phi) is 4.77. The first-order chi connectivity index (χ1) is 8.27. The number of ether oxygens (including phenoxy) is 1. The first-order valence-corrected chi connectivity index (χ1v) is 6.39. The van der Waals surface area contributed by atoms with Gasteiger partial charge in [0, 0.05) is 11.6 Å². The third-order valence-electron chi connectivity index (χ3n) is 3.02. The Hall–Kier alpha value is -0.640. The Morgan fingerprint density at radius 1 is 1.41 bits per heavy atom. The molecule has 0 bridgehead atoms. The molecule has 1 atom stereocenters. The molecule has 1 heterocycles. The van der Waals surface area contributed by atoms with E-state index in [0.717, 1.165) is 13.0 Å². The van der Waals surface area contributed by atoms with Crippen molar-refractivity contribution in [1.82, 2.24) is 5.32 Å². The maximum atomic E-state index is 13.5. The van der Waals surface area contributed by atoms with Gasteiger partial charge in [-0.25, -0.2) is 4.39 Å². The maximum absolute atomic E-state index is 13.5. The van der Waals surface area contributed by atoms with Crippen LogP contribution in [-0.4, -0.2) is 19.2 Å². The monoisotopic (exact) mass is 257 g/mol. The summed E-state index contributed by atoms with van der Waals surface area (Å²) in [4.78, 5) is 0. The second-order valence-corrected chi connectivity index (χ2v) is 4.78. The van der Waals surface area contributed by atoms with Crippen LogP contribution in [0.4, 0.5) is 4.39 Å². The molecule has 0 saturated carbocycles. The lowest BCUT2D eigenvalue weighted by Crippen LogP contribution is -2.37. The highest BCUT2D eigenvalue weighted by Crippen LogP contribution is 2.18. The number of hydrogen-bond acceptors (Lipinski definition) is 2. The molecule has 1 aliphatic rings. The molecule has 2 nitrogen and oxygen atoms in total. The highest BCUT2D eigenvalue weighted by molar-refractivity contribution is 6.30. The molecule has 0 spiro atoms. The minimum Gasteiger partial charge on any atom is -0.375 e. The second-order valence-electron chi connectivity index (χ2n) is 4.37. The molecular formula is C13H17ClFNO. The Bertz CT molecular complexity index is 366. The maximum Gasteiger partial charge on any atom is 0.147 e. The topological polar surface area (TPSA) is 21.3 Å². The van der Waals surface area contributed by atoms with E-state index in [2.05, 4.69) is 5.32 Å². The summed E-state index contributed by atoms with van der Waals surface area (Å²) in [6.07, 6.45) is 3.62. The quantitative estimate of drug-likeness (QED) is 0.895. The fourth-order valence-electron chi connectivity index (χ4n) is 2.04. The summed E-state index contributed by atoms with van der Waals surface area (Å²) >= 11 is 5.70. The molecule has 1 N–H and O–H groups in total. The Balaban J connectivity index is 1.79. The summed E-state index contributed by atoms with van der Waals surface area (Å²) < 4.78 is 19.1. The number of halogens is 2. The fraction of sp³-hybridized carbons (Fsp3) is 0.538. The third kappa shape index (κ3) is 3.66. The van der Waals surface area contributed by atoms with E-state index in [0.29, 0.717) is 18.2 Å². The number of benzene rings is 1. The Morgan fingerprint density at radius 3 is 3.06 bits per heavy atom. The van der Waals surface area contributed by atoms with Crippen molar-refractivity contribution in [2.45, 2.75) is 31.9 Å². The summed E-state index contributed by atoms with van der Waals surface area (Å²) in [5, 5.41) is 3.54. The summed E-state index contributed by atoms with van der Waals surface area (Å²) in [6, 6.07) is 5.40. The summed E-state index contributed by atoms with van der Waals surface area (Å²) in [5.74, 6) is -0.370. The van der Waals surface area contributed by atoms with Crippen LogP contribution in [-0.2, 0) is 11.3 Å². The smallest absolute Gasteiger partial charge is 0.147 e. The van der Waals surface area contributed by atoms with Gasteiger partial charge in [0.25, 0.3) is 0 Å². The molecule has 1 saturated heterocycles. The summed E-state index contributed by atoms with van der Waals surface area (Å²) in [7, 11) is 0. The molecule has 1 fully saturated rings. The molecule has 17 heavy (non-hydrogen) atoms. The van der Waals surface area contributed by atoms with E-state index in [9.17, 15) is 4.39 Å². The molecule has 0 radical (unpaired) electrons. The average molecular weight is 258 g/mol. The van der Waals surface area contributed by atoms with E-state index in [-0.39, 0.29) is 17.4 Å². The zero-order chi connectivity index (χ0) is 12.1. The van der Waals surface area contributed by atoms with Crippen molar-refractivity contribution in [3.63, 3.8) is 0 Å². The average Bonchev–Trinajstić information content (AvgIpc) is 2.36. The molecule has 0 aliphatic carbocycles. The first kappa shape index (κ1) is 12.8. The zero-order valence-electron chi connectivity index (χ0n) is 9.72. The van der Waals surface area contributed by atoms with E-state index < -0.39 is 0 Å². The minimum absolute atomic E-state index is 0.155. The van der Waals surface area contributed by atoms with E-state index in [1.54, 1.807) is 18.2 Å². The van der Waals surface area contributed by atoms with Crippen LogP contribution < -0.4 is 5.32 Å². The molecule has 0 amide bonds. The van der Waals surface area contributed by atoms with Crippen LogP contribution in [0.25, 0.3) is 0 Å². The SMILES string of the molecule is Fc1c(Cl)cccc1COCC1CCCCN1. The molecule has 1 unspecified atom stereocenters. The van der Waals surface area contributed by atoms with E-state index in [1.807, 2.05) is 0 Å². The molecule has 1 aromatic carbocycles. The van der Waals surface area contributed by atoms with Crippen LogP contribution in [0.15, 0.2) is 18.2 Å². The Labute approximate surface area is 106 Å². The highest BCUT2D eigenvalue weighted by Gasteiger charge is 2.13. The first-order valence-electron chi connectivity index (χ1n) is 6.01. The van der Waals surface area contributed by atoms with Crippen LogP contribution in [0.5, 0.6) is 0 Å². The number of rotatable bonds is 4. The Morgan fingerprint density at radius 2 is 2.29 bits per heavy atom. The number of piperidine rings is 1. The summed E-state index contributed by atoms with van der Waals surface area (Å²) in [5.41, 5.74) is 0.522. The predicted molar refractivity (Wildman–Crippen MR) is 66.7 cm³/mol. The molecule has 1 aromatic rings. The minimum atomic E-state index is -0.370. The van der Waals surface area contributed by atoms with Crippen LogP contribution in [0, 0.1) is 5.82 Å². The lowest BCUT2D eigenvalue weighted by atomic mass is 10.1. The lowest BCUT2D eigenvalue weighted by Gasteiger charge is -2.23. The standard InChI is InChI=1S/C13H17ClFNO/c14-12-6-3-4-10(13(12)15)8-17-9-11-5-1-2-7-16-11/h3-4,6,11,16H,1-2,5,7-9H2. The van der Waals surface area contributed by atoms with Crippen LogP contribution >= 0.6 is 11.6 Å². The molecular weight excluding hydrogens is 241 g/mol. The molecule has 4 heteroatoms. The lowest BCUT2D eigenvalue weighted by molar-refractivity contribution is 0.0893. The van der Waals surface area contributed by atoms with Crippen LogP contribution in [0.2, 0.25) is 5.02 Å². The van der Waals surface area contributed by atoms with E-state index in [4.69, 9.17) is 16.3 Å².